The van der Waals surface area contributed by atoms with Crippen LogP contribution in [0.3, 0.4) is 0 Å². The van der Waals surface area contributed by atoms with Gasteiger partial charge in [-0.2, -0.15) is 52.7 Å². The highest BCUT2D eigenvalue weighted by Crippen LogP contribution is 2.88. The SMILES string of the molecule is CC(OCCO)OC12C(F)(F)C3(F)C(F)(F)C(F)(C(F)(F)C(F)(C3(F)F)C1(F)F)C2(F)F. The van der Waals surface area contributed by atoms with Gasteiger partial charge in [0.2, 0.25) is 0 Å². The summed E-state index contributed by atoms with van der Waals surface area (Å²) in [7, 11) is 0. The topological polar surface area (TPSA) is 38.7 Å². The maximum Gasteiger partial charge on any atom is 0.339 e. The Bertz CT molecular complexity index is 713. The average Bonchev–Trinajstić information content (AvgIpc) is 2.63. The van der Waals surface area contributed by atoms with Gasteiger partial charge in [0.25, 0.3) is 5.60 Å². The van der Waals surface area contributed by atoms with Crippen molar-refractivity contribution in [3.05, 3.63) is 0 Å². The van der Waals surface area contributed by atoms with Gasteiger partial charge in [-0.15, -0.1) is 0 Å². The quantitative estimate of drug-likeness (QED) is 0.448. The van der Waals surface area contributed by atoms with Crippen LogP contribution in [0, 0.1) is 0 Å². The van der Waals surface area contributed by atoms with Crippen LogP contribution >= 0.6 is 0 Å². The second-order valence-electron chi connectivity index (χ2n) is 7.38. The predicted molar refractivity (Wildman–Crippen MR) is 67.5 cm³/mol. The Hall–Kier alpha value is -1.17. The second-order valence-corrected chi connectivity index (χ2v) is 7.38. The molecule has 0 saturated heterocycles. The van der Waals surface area contributed by atoms with E-state index < -0.39 is 77.6 Å². The minimum atomic E-state index is -7.85. The summed E-state index contributed by atoms with van der Waals surface area (Å²) in [5.41, 5.74) is -30.1. The molecule has 4 saturated carbocycles. The Balaban J connectivity index is 2.55. The summed E-state index contributed by atoms with van der Waals surface area (Å²) >= 11 is 0. The first-order chi connectivity index (χ1) is 14.0. The Morgan fingerprint density at radius 3 is 1.09 bits per heavy atom. The fraction of sp³-hybridized carbons (Fsp3) is 1.00. The van der Waals surface area contributed by atoms with E-state index in [1.54, 1.807) is 0 Å². The standard InChI is InChI=1S/C14H9F15O3/c1-4(31-3-2-30)32-8-12(24,25)5(15)9(18,19)6(16,13(8,26)27)11(22,23)7(17,10(5,20)21)14(8,28)29/h4,30H,2-3H2,1H3. The van der Waals surface area contributed by atoms with Gasteiger partial charge in [0.1, 0.15) is 0 Å². The van der Waals surface area contributed by atoms with E-state index in [0.29, 0.717) is 0 Å². The zero-order valence-electron chi connectivity index (χ0n) is 14.9. The number of hydrogen-bond acceptors (Lipinski definition) is 3. The molecule has 4 aliphatic carbocycles. The van der Waals surface area contributed by atoms with E-state index in [2.05, 4.69) is 9.47 Å². The molecule has 0 heterocycles. The van der Waals surface area contributed by atoms with Gasteiger partial charge in [-0.25, -0.2) is 13.2 Å². The molecule has 0 aromatic heterocycles. The van der Waals surface area contributed by atoms with E-state index in [-0.39, 0.29) is 6.92 Å². The Kier molecular flexibility index (Phi) is 4.55. The van der Waals surface area contributed by atoms with Crippen LogP contribution in [-0.2, 0) is 9.47 Å². The minimum Gasteiger partial charge on any atom is -0.394 e. The highest BCUT2D eigenvalue weighted by molar-refractivity contribution is 5.54. The van der Waals surface area contributed by atoms with Crippen LogP contribution in [0.1, 0.15) is 6.92 Å². The van der Waals surface area contributed by atoms with Gasteiger partial charge in [-0.3, -0.25) is 0 Å². The van der Waals surface area contributed by atoms with Crippen LogP contribution in [0.5, 0.6) is 0 Å². The third-order valence-corrected chi connectivity index (χ3v) is 6.01. The van der Waals surface area contributed by atoms with Gasteiger partial charge in [-0.05, 0) is 6.92 Å². The molecule has 1 unspecified atom stereocenters. The molecule has 4 aliphatic rings. The van der Waals surface area contributed by atoms with Crippen LogP contribution in [0.2, 0.25) is 0 Å². The number of halogens is 15. The van der Waals surface area contributed by atoms with Crippen LogP contribution in [0.25, 0.3) is 0 Å². The van der Waals surface area contributed by atoms with Crippen molar-refractivity contribution in [3.8, 4) is 0 Å². The first-order valence-corrected chi connectivity index (χ1v) is 8.19. The normalized spacial score (nSPS) is 46.8. The molecule has 0 aliphatic heterocycles. The molecule has 4 fully saturated rings. The number of hydrogen-bond donors (Lipinski definition) is 1. The third-order valence-electron chi connectivity index (χ3n) is 6.01. The highest BCUT2D eigenvalue weighted by Gasteiger charge is 3.23. The summed E-state index contributed by atoms with van der Waals surface area (Å²) in [5, 5.41) is 8.48. The lowest BCUT2D eigenvalue weighted by molar-refractivity contribution is -0.623. The van der Waals surface area contributed by atoms with Gasteiger partial charge in [-0.1, -0.05) is 0 Å². The summed E-state index contributed by atoms with van der Waals surface area (Å²) in [4.78, 5) is 0. The third kappa shape index (κ3) is 1.66. The van der Waals surface area contributed by atoms with E-state index in [1.165, 1.54) is 0 Å². The predicted octanol–water partition coefficient (Wildman–Crippen LogP) is 4.07. The van der Waals surface area contributed by atoms with E-state index in [0.717, 1.165) is 0 Å². The molecule has 0 radical (unpaired) electrons. The zero-order chi connectivity index (χ0) is 25.4. The molecule has 32 heavy (non-hydrogen) atoms. The molecule has 188 valence electrons. The van der Waals surface area contributed by atoms with Gasteiger partial charge in [0.05, 0.1) is 13.2 Å². The first kappa shape index (κ1) is 25.5. The molecule has 0 amide bonds. The van der Waals surface area contributed by atoms with Crippen molar-refractivity contribution < 1.29 is 80.4 Å². The van der Waals surface area contributed by atoms with Crippen molar-refractivity contribution in [1.82, 2.24) is 0 Å². The summed E-state index contributed by atoms with van der Waals surface area (Å²) in [6, 6.07) is 0. The smallest absolute Gasteiger partial charge is 0.339 e. The Morgan fingerprint density at radius 2 is 0.844 bits per heavy atom. The first-order valence-electron chi connectivity index (χ1n) is 8.19. The summed E-state index contributed by atoms with van der Waals surface area (Å²) < 4.78 is 225. The fourth-order valence-corrected chi connectivity index (χ4v) is 4.53. The van der Waals surface area contributed by atoms with E-state index in [1.807, 2.05) is 0 Å². The molecular weight excluding hydrogens is 501 g/mol. The van der Waals surface area contributed by atoms with Crippen LogP contribution < -0.4 is 0 Å². The molecule has 3 nitrogen and oxygen atoms in total. The summed E-state index contributed by atoms with van der Waals surface area (Å²) in [6.45, 7) is -2.21. The molecule has 1 atom stereocenters. The lowest BCUT2D eigenvalue weighted by Gasteiger charge is -2.74. The van der Waals surface area contributed by atoms with Crippen LogP contribution in [0.15, 0.2) is 0 Å². The minimum absolute atomic E-state index is 0.0889. The highest BCUT2D eigenvalue weighted by atomic mass is 19.3. The zero-order valence-corrected chi connectivity index (χ0v) is 14.9. The van der Waals surface area contributed by atoms with Crippen LogP contribution in [-0.4, -0.2) is 82.8 Å². The van der Waals surface area contributed by atoms with Crippen molar-refractivity contribution in [3.63, 3.8) is 0 Å². The van der Waals surface area contributed by atoms with Crippen molar-refractivity contribution in [2.45, 2.75) is 71.4 Å². The lowest BCUT2D eigenvalue weighted by Crippen LogP contribution is -3.10. The number of aliphatic hydroxyl groups is 1. The number of ether oxygens (including phenoxy) is 2. The van der Waals surface area contributed by atoms with Gasteiger partial charge in [0.15, 0.2) is 6.29 Å². The Morgan fingerprint density at radius 1 is 0.562 bits per heavy atom. The molecule has 0 aromatic carbocycles. The lowest BCUT2D eigenvalue weighted by atomic mass is 9.40. The van der Waals surface area contributed by atoms with Crippen molar-refractivity contribution in [1.29, 1.82) is 0 Å². The van der Waals surface area contributed by atoms with Gasteiger partial charge in [0, 0.05) is 0 Å². The largest absolute Gasteiger partial charge is 0.394 e. The summed E-state index contributed by atoms with van der Waals surface area (Å²) in [5.74, 6) is -46.4. The molecule has 18 heteroatoms. The van der Waals surface area contributed by atoms with Crippen LogP contribution in [0.4, 0.5) is 65.9 Å². The summed E-state index contributed by atoms with van der Waals surface area (Å²) in [6.07, 6.45) is -3.06. The second kappa shape index (κ2) is 5.72. The maximum absolute atomic E-state index is 14.8. The fourth-order valence-electron chi connectivity index (χ4n) is 4.53. The Labute approximate surface area is 166 Å². The van der Waals surface area contributed by atoms with Crippen molar-refractivity contribution >= 4 is 0 Å². The molecule has 0 aromatic rings. The van der Waals surface area contributed by atoms with E-state index in [9.17, 15) is 65.9 Å². The monoisotopic (exact) mass is 510 g/mol. The molecule has 1 N–H and O–H groups in total. The average molecular weight is 510 g/mol. The molecule has 0 spiro atoms. The molecular formula is C14H9F15O3. The molecule has 4 rings (SSSR count). The van der Waals surface area contributed by atoms with Crippen molar-refractivity contribution in [2.24, 2.45) is 0 Å². The number of alkyl halides is 15. The van der Waals surface area contributed by atoms with E-state index >= 15 is 0 Å². The van der Waals surface area contributed by atoms with Crippen molar-refractivity contribution in [2.75, 3.05) is 13.2 Å². The number of rotatable bonds is 5. The molecule has 4 bridgehead atoms. The van der Waals surface area contributed by atoms with E-state index in [4.69, 9.17) is 5.11 Å². The maximum atomic E-state index is 14.8. The number of aliphatic hydroxyl groups excluding tert-OH is 1. The van der Waals surface area contributed by atoms with Gasteiger partial charge >= 0.3 is 52.5 Å². The van der Waals surface area contributed by atoms with Gasteiger partial charge < -0.3 is 14.6 Å².